The van der Waals surface area contributed by atoms with Crippen molar-refractivity contribution >= 4 is 50.5 Å². The minimum absolute atomic E-state index is 0.327. The molecular weight excluding hydrogens is 302 g/mol. The molecule has 0 N–H and O–H groups in total. The third kappa shape index (κ3) is 2.99. The highest BCUT2D eigenvalue weighted by Crippen LogP contribution is 2.28. The summed E-state index contributed by atoms with van der Waals surface area (Å²) in [7, 11) is 0. The Morgan fingerprint density at radius 1 is 1.42 bits per heavy atom. The molecule has 3 rings (SSSR count). The number of halogens is 1. The van der Waals surface area contributed by atoms with Crippen LogP contribution in [0.5, 0.6) is 0 Å². The molecule has 0 saturated carbocycles. The molecule has 0 saturated heterocycles. The van der Waals surface area contributed by atoms with Gasteiger partial charge in [0.1, 0.15) is 9.96 Å². The molecule has 0 amide bonds. The Bertz CT molecular complexity index is 711. The number of hydrogen-bond acceptors (Lipinski definition) is 5. The molecule has 0 unspecified atom stereocenters. The summed E-state index contributed by atoms with van der Waals surface area (Å²) in [6.07, 6.45) is 0. The molecule has 2 heterocycles. The summed E-state index contributed by atoms with van der Waals surface area (Å²) in [5, 5.41) is 1.53. The fraction of sp³-hybridized carbons (Fsp3) is 0.231. The monoisotopic (exact) mass is 311 g/mol. The van der Waals surface area contributed by atoms with Gasteiger partial charge in [0.25, 0.3) is 0 Å². The van der Waals surface area contributed by atoms with E-state index in [0.717, 1.165) is 27.6 Å². The van der Waals surface area contributed by atoms with Crippen molar-refractivity contribution in [2.75, 3.05) is 12.3 Å². The average molecular weight is 312 g/mol. The van der Waals surface area contributed by atoms with Gasteiger partial charge in [0, 0.05) is 28.0 Å². The smallest absolute Gasteiger partial charge is 0.336 e. The molecule has 1 aliphatic rings. The minimum Gasteiger partial charge on any atom is -0.423 e. The number of benzene rings is 1. The molecule has 2 aromatic rings. The second-order valence-corrected chi connectivity index (χ2v) is 6.76. The summed E-state index contributed by atoms with van der Waals surface area (Å²) in [5.41, 5.74) is 1.19. The molecule has 98 valence electrons. The molecule has 0 bridgehead atoms. The molecule has 0 spiro atoms. The summed E-state index contributed by atoms with van der Waals surface area (Å²) in [6.45, 7) is 0.885. The van der Waals surface area contributed by atoms with Crippen LogP contribution in [0.1, 0.15) is 5.56 Å². The summed E-state index contributed by atoms with van der Waals surface area (Å²) >= 11 is 9.42. The zero-order chi connectivity index (χ0) is 13.2. The highest BCUT2D eigenvalue weighted by atomic mass is 35.5. The van der Waals surface area contributed by atoms with Crippen molar-refractivity contribution in [3.05, 3.63) is 45.3 Å². The largest absolute Gasteiger partial charge is 0.423 e. The minimum atomic E-state index is -0.327. The Labute approximate surface area is 123 Å². The van der Waals surface area contributed by atoms with Crippen molar-refractivity contribution in [1.82, 2.24) is 0 Å². The topological polar surface area (TPSA) is 42.6 Å². The highest BCUT2D eigenvalue weighted by Gasteiger charge is 2.11. The van der Waals surface area contributed by atoms with Gasteiger partial charge >= 0.3 is 5.63 Å². The Kier molecular flexibility index (Phi) is 3.86. The average Bonchev–Trinajstić information content (AvgIpc) is 2.89. The first-order valence-electron chi connectivity index (χ1n) is 5.75. The van der Waals surface area contributed by atoms with Crippen LogP contribution < -0.4 is 5.63 Å². The molecule has 0 atom stereocenters. The Morgan fingerprint density at radius 2 is 2.32 bits per heavy atom. The van der Waals surface area contributed by atoms with Gasteiger partial charge < -0.3 is 4.42 Å². The lowest BCUT2D eigenvalue weighted by atomic mass is 10.1. The van der Waals surface area contributed by atoms with Gasteiger partial charge in [0.15, 0.2) is 0 Å². The second-order valence-electron chi connectivity index (χ2n) is 4.02. The van der Waals surface area contributed by atoms with E-state index in [-0.39, 0.29) is 5.63 Å². The number of rotatable bonds is 2. The molecule has 0 fully saturated rings. The molecule has 1 aromatic heterocycles. The second kappa shape index (κ2) is 5.61. The lowest BCUT2D eigenvalue weighted by Gasteiger charge is -2.05. The summed E-state index contributed by atoms with van der Waals surface area (Å²) in [5.74, 6) is 1.75. The van der Waals surface area contributed by atoms with Crippen LogP contribution in [0, 0.1) is 0 Å². The van der Waals surface area contributed by atoms with Crippen LogP contribution in [0.2, 0.25) is 5.02 Å². The van der Waals surface area contributed by atoms with Gasteiger partial charge in [-0.15, -0.1) is 0 Å². The van der Waals surface area contributed by atoms with Crippen LogP contribution in [0.4, 0.5) is 0 Å². The van der Waals surface area contributed by atoms with E-state index in [1.165, 1.54) is 6.07 Å². The zero-order valence-corrected chi connectivity index (χ0v) is 12.3. The molecule has 6 heteroatoms. The third-order valence-electron chi connectivity index (χ3n) is 2.70. The normalized spacial score (nSPS) is 14.9. The van der Waals surface area contributed by atoms with Gasteiger partial charge in [-0.2, -0.15) is 0 Å². The molecule has 3 nitrogen and oxygen atoms in total. The Morgan fingerprint density at radius 3 is 3.11 bits per heavy atom. The first-order chi connectivity index (χ1) is 9.22. The van der Waals surface area contributed by atoms with Crippen LogP contribution in [0.15, 0.2) is 38.5 Å². The predicted molar refractivity (Wildman–Crippen MR) is 83.5 cm³/mol. The summed E-state index contributed by atoms with van der Waals surface area (Å²) < 4.78 is 6.26. The number of hydrogen-bond donors (Lipinski definition) is 0. The van der Waals surface area contributed by atoms with E-state index in [4.69, 9.17) is 16.0 Å². The van der Waals surface area contributed by atoms with Crippen LogP contribution in [0.3, 0.4) is 0 Å². The van der Waals surface area contributed by atoms with Gasteiger partial charge in [-0.1, -0.05) is 35.1 Å². The maximum Gasteiger partial charge on any atom is 0.336 e. The first-order valence-corrected chi connectivity index (χ1v) is 8.09. The molecule has 1 aromatic carbocycles. The van der Waals surface area contributed by atoms with E-state index >= 15 is 0 Å². The lowest BCUT2D eigenvalue weighted by Crippen LogP contribution is -2.00. The van der Waals surface area contributed by atoms with Crippen LogP contribution >= 0.6 is 35.1 Å². The highest BCUT2D eigenvalue weighted by molar-refractivity contribution is 8.38. The standard InChI is InChI=1S/C13H10ClNO2S2/c14-9-1-2-11-10(6-9)8(5-12(16)17-11)7-19-13-15-3-4-18-13/h1-2,5-6H,3-4,7H2. The molecule has 0 radical (unpaired) electrons. The number of aliphatic imine (C=N–C) groups is 1. The molecular formula is C13H10ClNO2S2. The van der Waals surface area contributed by atoms with Gasteiger partial charge in [-0.05, 0) is 23.8 Å². The third-order valence-corrected chi connectivity index (χ3v) is 5.24. The van der Waals surface area contributed by atoms with E-state index in [1.807, 2.05) is 6.07 Å². The molecule has 1 aliphatic heterocycles. The van der Waals surface area contributed by atoms with Crippen molar-refractivity contribution in [3.8, 4) is 0 Å². The quantitative estimate of drug-likeness (QED) is 0.792. The van der Waals surface area contributed by atoms with Gasteiger partial charge in [0.2, 0.25) is 0 Å². The Hall–Kier alpha value is -0.910. The van der Waals surface area contributed by atoms with Crippen LogP contribution in [0.25, 0.3) is 11.0 Å². The maximum absolute atomic E-state index is 11.5. The van der Waals surface area contributed by atoms with E-state index in [0.29, 0.717) is 16.4 Å². The van der Waals surface area contributed by atoms with Gasteiger partial charge in [-0.25, -0.2) is 4.79 Å². The SMILES string of the molecule is O=c1cc(CSC2=NCCS2)c2cc(Cl)ccc2o1. The van der Waals surface area contributed by atoms with Gasteiger partial charge in [-0.3, -0.25) is 4.99 Å². The molecule has 0 aliphatic carbocycles. The molecule has 19 heavy (non-hydrogen) atoms. The summed E-state index contributed by atoms with van der Waals surface area (Å²) in [6, 6.07) is 6.82. The van der Waals surface area contributed by atoms with Crippen LogP contribution in [-0.2, 0) is 5.75 Å². The van der Waals surface area contributed by atoms with E-state index in [2.05, 4.69) is 4.99 Å². The number of fused-ring (bicyclic) bond motifs is 1. The zero-order valence-electron chi connectivity index (χ0n) is 9.89. The predicted octanol–water partition coefficient (Wildman–Crippen LogP) is 3.78. The van der Waals surface area contributed by atoms with E-state index in [9.17, 15) is 4.79 Å². The number of thioether (sulfide) groups is 2. The fourth-order valence-electron chi connectivity index (χ4n) is 1.86. The van der Waals surface area contributed by atoms with Crippen molar-refractivity contribution in [3.63, 3.8) is 0 Å². The van der Waals surface area contributed by atoms with Crippen molar-refractivity contribution in [1.29, 1.82) is 0 Å². The fourth-order valence-corrected chi connectivity index (χ4v) is 4.03. The van der Waals surface area contributed by atoms with Crippen molar-refractivity contribution in [2.24, 2.45) is 4.99 Å². The van der Waals surface area contributed by atoms with E-state index in [1.54, 1.807) is 35.7 Å². The van der Waals surface area contributed by atoms with Gasteiger partial charge in [0.05, 0.1) is 6.54 Å². The van der Waals surface area contributed by atoms with Crippen LogP contribution in [-0.4, -0.2) is 16.7 Å². The Balaban J connectivity index is 1.96. The maximum atomic E-state index is 11.5. The summed E-state index contributed by atoms with van der Waals surface area (Å²) in [4.78, 5) is 15.9. The lowest BCUT2D eigenvalue weighted by molar-refractivity contribution is 0.560. The number of nitrogens with zero attached hydrogens (tertiary/aromatic N) is 1. The van der Waals surface area contributed by atoms with Crippen molar-refractivity contribution < 1.29 is 4.42 Å². The van der Waals surface area contributed by atoms with Crippen molar-refractivity contribution in [2.45, 2.75) is 5.75 Å². The van der Waals surface area contributed by atoms with E-state index < -0.39 is 0 Å². The first kappa shape index (κ1) is 13.1.